The maximum Gasteiger partial charge on any atom is 0.0951 e. The molecule has 1 aromatic heterocycles. The summed E-state index contributed by atoms with van der Waals surface area (Å²) >= 11 is 1.63. The Bertz CT molecular complexity index is 312. The molecule has 0 aromatic carbocycles. The van der Waals surface area contributed by atoms with E-state index in [9.17, 15) is 5.11 Å². The van der Waals surface area contributed by atoms with Gasteiger partial charge < -0.3 is 14.8 Å². The fourth-order valence-corrected chi connectivity index (χ4v) is 2.41. The van der Waals surface area contributed by atoms with E-state index in [2.05, 4.69) is 9.55 Å². The van der Waals surface area contributed by atoms with Gasteiger partial charge in [0.15, 0.2) is 0 Å². The molecule has 4 nitrogen and oxygen atoms in total. The molecule has 0 spiro atoms. The zero-order valence-electron chi connectivity index (χ0n) is 8.54. The zero-order valence-corrected chi connectivity index (χ0v) is 9.36. The minimum absolute atomic E-state index is 0.158. The van der Waals surface area contributed by atoms with Crippen LogP contribution in [0.3, 0.4) is 0 Å². The van der Waals surface area contributed by atoms with Crippen molar-refractivity contribution in [2.24, 2.45) is 0 Å². The van der Waals surface area contributed by atoms with Crippen molar-refractivity contribution in [1.82, 2.24) is 9.55 Å². The normalized spacial score (nSPS) is 18.0. The Labute approximate surface area is 93.3 Å². The minimum atomic E-state index is -0.604. The summed E-state index contributed by atoms with van der Waals surface area (Å²) in [7, 11) is 0. The van der Waals surface area contributed by atoms with Gasteiger partial charge in [-0.05, 0) is 12.8 Å². The molecule has 1 atom stereocenters. The summed E-state index contributed by atoms with van der Waals surface area (Å²) in [5.74, 6) is 1.43. The topological polar surface area (TPSA) is 58.3 Å². The Hall–Kier alpha value is -0.520. The van der Waals surface area contributed by atoms with E-state index in [1.165, 1.54) is 18.5 Å². The van der Waals surface area contributed by atoms with Crippen molar-refractivity contribution in [3.05, 3.63) is 18.2 Å². The summed E-state index contributed by atoms with van der Waals surface area (Å²) in [6, 6.07) is 0.658. The van der Waals surface area contributed by atoms with Crippen LogP contribution in [0.15, 0.2) is 12.5 Å². The molecule has 1 aliphatic carbocycles. The highest BCUT2D eigenvalue weighted by atomic mass is 32.2. The van der Waals surface area contributed by atoms with E-state index in [0.29, 0.717) is 11.8 Å². The van der Waals surface area contributed by atoms with Crippen LogP contribution in [-0.4, -0.2) is 38.2 Å². The second kappa shape index (κ2) is 5.01. The number of imidazole rings is 1. The molecule has 1 aliphatic rings. The summed E-state index contributed by atoms with van der Waals surface area (Å²) in [4.78, 5) is 4.14. The standard InChI is InChI=1S/C10H16N2O2S/c13-4-10(14)6-15-5-9-3-11-7-12(9)8-1-2-8/h3,7-8,10,13-14H,1-2,4-6H2. The number of rotatable bonds is 6. The molecule has 15 heavy (non-hydrogen) atoms. The smallest absolute Gasteiger partial charge is 0.0951 e. The first-order chi connectivity index (χ1) is 7.31. The monoisotopic (exact) mass is 228 g/mol. The minimum Gasteiger partial charge on any atom is -0.394 e. The number of hydrogen-bond acceptors (Lipinski definition) is 4. The highest BCUT2D eigenvalue weighted by Crippen LogP contribution is 2.36. The zero-order chi connectivity index (χ0) is 10.7. The van der Waals surface area contributed by atoms with Gasteiger partial charge in [0.25, 0.3) is 0 Å². The summed E-state index contributed by atoms with van der Waals surface area (Å²) in [5.41, 5.74) is 1.22. The third-order valence-electron chi connectivity index (χ3n) is 2.46. The number of aliphatic hydroxyl groups is 2. The van der Waals surface area contributed by atoms with Crippen molar-refractivity contribution in [1.29, 1.82) is 0 Å². The molecular formula is C10H16N2O2S. The van der Waals surface area contributed by atoms with Gasteiger partial charge >= 0.3 is 0 Å². The lowest BCUT2D eigenvalue weighted by Crippen LogP contribution is -2.14. The van der Waals surface area contributed by atoms with E-state index in [1.54, 1.807) is 11.8 Å². The number of aliphatic hydroxyl groups excluding tert-OH is 2. The molecule has 2 rings (SSSR count). The highest BCUT2D eigenvalue weighted by molar-refractivity contribution is 7.98. The molecule has 0 aliphatic heterocycles. The molecule has 1 fully saturated rings. The highest BCUT2D eigenvalue weighted by Gasteiger charge is 2.24. The van der Waals surface area contributed by atoms with Crippen LogP contribution in [0.25, 0.3) is 0 Å². The Morgan fingerprint density at radius 3 is 3.07 bits per heavy atom. The second-order valence-electron chi connectivity index (χ2n) is 3.87. The Kier molecular flexibility index (Phi) is 3.66. The predicted molar refractivity (Wildman–Crippen MR) is 59.8 cm³/mol. The van der Waals surface area contributed by atoms with Crippen LogP contribution >= 0.6 is 11.8 Å². The third-order valence-corrected chi connectivity index (χ3v) is 3.58. The molecule has 0 amide bonds. The fourth-order valence-electron chi connectivity index (χ4n) is 1.48. The van der Waals surface area contributed by atoms with Crippen molar-refractivity contribution in [2.45, 2.75) is 30.7 Å². The summed E-state index contributed by atoms with van der Waals surface area (Å²) in [5, 5.41) is 17.8. The van der Waals surface area contributed by atoms with Crippen molar-refractivity contribution in [3.8, 4) is 0 Å². The van der Waals surface area contributed by atoms with E-state index in [-0.39, 0.29) is 6.61 Å². The van der Waals surface area contributed by atoms with Gasteiger partial charge in [0.05, 0.1) is 19.0 Å². The van der Waals surface area contributed by atoms with Crippen LogP contribution in [0, 0.1) is 0 Å². The first kappa shape index (κ1) is 11.0. The van der Waals surface area contributed by atoms with Crippen LogP contribution in [0.5, 0.6) is 0 Å². The van der Waals surface area contributed by atoms with Crippen LogP contribution < -0.4 is 0 Å². The largest absolute Gasteiger partial charge is 0.394 e. The summed E-state index contributed by atoms with van der Waals surface area (Å²) < 4.78 is 2.22. The van der Waals surface area contributed by atoms with Crippen molar-refractivity contribution < 1.29 is 10.2 Å². The van der Waals surface area contributed by atoms with E-state index in [4.69, 9.17) is 5.11 Å². The second-order valence-corrected chi connectivity index (χ2v) is 4.91. The van der Waals surface area contributed by atoms with Gasteiger partial charge in [-0.3, -0.25) is 0 Å². The van der Waals surface area contributed by atoms with Gasteiger partial charge in [-0.25, -0.2) is 4.98 Å². The predicted octanol–water partition coefficient (Wildman–Crippen LogP) is 0.804. The van der Waals surface area contributed by atoms with Crippen molar-refractivity contribution in [3.63, 3.8) is 0 Å². The molecule has 5 heteroatoms. The molecule has 0 bridgehead atoms. The number of aromatic nitrogens is 2. The number of thioether (sulfide) groups is 1. The SMILES string of the molecule is OCC(O)CSCc1cncn1C1CC1. The van der Waals surface area contributed by atoms with Gasteiger partial charge in [0.2, 0.25) is 0 Å². The van der Waals surface area contributed by atoms with Gasteiger partial charge in [-0.1, -0.05) is 0 Å². The molecule has 1 unspecified atom stereocenters. The Morgan fingerprint density at radius 1 is 1.60 bits per heavy atom. The number of nitrogens with zero attached hydrogens (tertiary/aromatic N) is 2. The average molecular weight is 228 g/mol. The van der Waals surface area contributed by atoms with Crippen molar-refractivity contribution in [2.75, 3.05) is 12.4 Å². The molecule has 0 saturated heterocycles. The molecule has 84 valence electrons. The fraction of sp³-hybridized carbons (Fsp3) is 0.700. The molecule has 2 N–H and O–H groups in total. The maximum absolute atomic E-state index is 9.18. The quantitative estimate of drug-likeness (QED) is 0.756. The summed E-state index contributed by atoms with van der Waals surface area (Å²) in [6.07, 6.45) is 5.68. The van der Waals surface area contributed by atoms with Gasteiger partial charge in [-0.15, -0.1) is 0 Å². The molecule has 1 aromatic rings. The lowest BCUT2D eigenvalue weighted by Gasteiger charge is -2.08. The van der Waals surface area contributed by atoms with Crippen molar-refractivity contribution >= 4 is 11.8 Å². The van der Waals surface area contributed by atoms with E-state index < -0.39 is 6.10 Å². The van der Waals surface area contributed by atoms with Crippen LogP contribution in [-0.2, 0) is 5.75 Å². The van der Waals surface area contributed by atoms with Crippen LogP contribution in [0.1, 0.15) is 24.6 Å². The van der Waals surface area contributed by atoms with E-state index in [0.717, 1.165) is 5.75 Å². The van der Waals surface area contributed by atoms with Gasteiger partial charge in [-0.2, -0.15) is 11.8 Å². The third kappa shape index (κ3) is 2.96. The summed E-state index contributed by atoms with van der Waals surface area (Å²) in [6.45, 7) is -0.158. The first-order valence-electron chi connectivity index (χ1n) is 5.18. The Balaban J connectivity index is 1.80. The lowest BCUT2D eigenvalue weighted by atomic mass is 10.4. The maximum atomic E-state index is 9.18. The average Bonchev–Trinajstić information content (AvgIpc) is 2.99. The van der Waals surface area contributed by atoms with Crippen LogP contribution in [0.4, 0.5) is 0 Å². The molecule has 1 heterocycles. The van der Waals surface area contributed by atoms with Gasteiger partial charge in [0.1, 0.15) is 0 Å². The first-order valence-corrected chi connectivity index (χ1v) is 6.34. The number of hydrogen-bond donors (Lipinski definition) is 2. The van der Waals surface area contributed by atoms with E-state index >= 15 is 0 Å². The van der Waals surface area contributed by atoms with Crippen LogP contribution in [0.2, 0.25) is 0 Å². The van der Waals surface area contributed by atoms with Gasteiger partial charge in [0, 0.05) is 29.4 Å². The Morgan fingerprint density at radius 2 is 2.40 bits per heavy atom. The molecule has 0 radical (unpaired) electrons. The molecular weight excluding hydrogens is 212 g/mol. The van der Waals surface area contributed by atoms with E-state index in [1.807, 2.05) is 12.5 Å². The lowest BCUT2D eigenvalue weighted by molar-refractivity contribution is 0.113. The molecule has 1 saturated carbocycles.